The molecule has 0 saturated carbocycles. The SMILES string of the molecule is CNC(=O)C1CCN(Cc2oc(-c3ccccc3)nc2C)CC1. The van der Waals surface area contributed by atoms with Crippen LogP contribution in [0.3, 0.4) is 0 Å². The number of hydrogen-bond acceptors (Lipinski definition) is 4. The van der Waals surface area contributed by atoms with Gasteiger partial charge in [0.1, 0.15) is 5.76 Å². The maximum atomic E-state index is 11.7. The van der Waals surface area contributed by atoms with E-state index >= 15 is 0 Å². The van der Waals surface area contributed by atoms with Gasteiger partial charge in [-0.3, -0.25) is 9.69 Å². The molecule has 3 rings (SSSR count). The Hall–Kier alpha value is -2.14. The van der Waals surface area contributed by atoms with Gasteiger partial charge in [-0.2, -0.15) is 0 Å². The number of likely N-dealkylation sites (tertiary alicyclic amines) is 1. The third-order valence-corrected chi connectivity index (χ3v) is 4.49. The lowest BCUT2D eigenvalue weighted by atomic mass is 9.96. The predicted octanol–water partition coefficient (Wildman–Crippen LogP) is 2.61. The van der Waals surface area contributed by atoms with Gasteiger partial charge in [-0.25, -0.2) is 4.98 Å². The molecule has 1 amide bonds. The number of aromatic nitrogens is 1. The largest absolute Gasteiger partial charge is 0.440 e. The zero-order valence-electron chi connectivity index (χ0n) is 13.7. The van der Waals surface area contributed by atoms with Crippen molar-refractivity contribution in [1.82, 2.24) is 15.2 Å². The van der Waals surface area contributed by atoms with Crippen LogP contribution < -0.4 is 5.32 Å². The fourth-order valence-electron chi connectivity index (χ4n) is 3.04. The molecule has 0 aliphatic carbocycles. The molecule has 2 heterocycles. The van der Waals surface area contributed by atoms with E-state index in [2.05, 4.69) is 15.2 Å². The van der Waals surface area contributed by atoms with E-state index in [1.165, 1.54) is 0 Å². The molecule has 0 unspecified atom stereocenters. The first kappa shape index (κ1) is 15.7. The lowest BCUT2D eigenvalue weighted by Gasteiger charge is -2.30. The van der Waals surface area contributed by atoms with Crippen molar-refractivity contribution in [3.8, 4) is 11.5 Å². The number of nitrogens with zero attached hydrogens (tertiary/aromatic N) is 2. The molecule has 1 N–H and O–H groups in total. The van der Waals surface area contributed by atoms with Crippen molar-refractivity contribution in [3.05, 3.63) is 41.8 Å². The third-order valence-electron chi connectivity index (χ3n) is 4.49. The lowest BCUT2D eigenvalue weighted by Crippen LogP contribution is -2.39. The molecular formula is C18H23N3O2. The zero-order chi connectivity index (χ0) is 16.2. The second kappa shape index (κ2) is 6.96. The average molecular weight is 313 g/mol. The molecule has 5 heteroatoms. The normalized spacial score (nSPS) is 16.4. The Morgan fingerprint density at radius 1 is 1.30 bits per heavy atom. The summed E-state index contributed by atoms with van der Waals surface area (Å²) in [6.45, 7) is 4.58. The minimum absolute atomic E-state index is 0.145. The predicted molar refractivity (Wildman–Crippen MR) is 88.7 cm³/mol. The van der Waals surface area contributed by atoms with Crippen LogP contribution in [0.25, 0.3) is 11.5 Å². The number of carbonyl (C=O) groups is 1. The maximum Gasteiger partial charge on any atom is 0.226 e. The number of rotatable bonds is 4. The number of nitrogens with one attached hydrogen (secondary N) is 1. The molecule has 1 fully saturated rings. The summed E-state index contributed by atoms with van der Waals surface area (Å²) in [5.74, 6) is 1.90. The summed E-state index contributed by atoms with van der Waals surface area (Å²) in [6.07, 6.45) is 1.80. The van der Waals surface area contributed by atoms with Crippen molar-refractivity contribution >= 4 is 5.91 Å². The van der Waals surface area contributed by atoms with Crippen LogP contribution in [0.15, 0.2) is 34.7 Å². The van der Waals surface area contributed by atoms with Gasteiger partial charge in [-0.1, -0.05) is 18.2 Å². The Kier molecular flexibility index (Phi) is 4.76. The topological polar surface area (TPSA) is 58.4 Å². The number of aryl methyl sites for hydroxylation is 1. The van der Waals surface area contributed by atoms with Gasteiger partial charge in [0, 0.05) is 18.5 Å². The summed E-state index contributed by atoms with van der Waals surface area (Å²) in [6, 6.07) is 9.96. The fraction of sp³-hybridized carbons (Fsp3) is 0.444. The molecular weight excluding hydrogens is 290 g/mol. The Morgan fingerprint density at radius 2 is 2.00 bits per heavy atom. The first-order valence-corrected chi connectivity index (χ1v) is 8.13. The zero-order valence-corrected chi connectivity index (χ0v) is 13.7. The Balaban J connectivity index is 1.63. The van der Waals surface area contributed by atoms with E-state index in [1.807, 2.05) is 37.3 Å². The molecule has 0 spiro atoms. The summed E-state index contributed by atoms with van der Waals surface area (Å²) in [7, 11) is 1.71. The van der Waals surface area contributed by atoms with Crippen LogP contribution in [-0.2, 0) is 11.3 Å². The summed E-state index contributed by atoms with van der Waals surface area (Å²) in [5, 5.41) is 2.74. The van der Waals surface area contributed by atoms with Gasteiger partial charge < -0.3 is 9.73 Å². The number of oxazole rings is 1. The first-order valence-electron chi connectivity index (χ1n) is 8.13. The third kappa shape index (κ3) is 3.62. The Bertz CT molecular complexity index is 658. The molecule has 1 aromatic heterocycles. The summed E-state index contributed by atoms with van der Waals surface area (Å²) >= 11 is 0. The van der Waals surface area contributed by atoms with Gasteiger partial charge >= 0.3 is 0 Å². The van der Waals surface area contributed by atoms with Crippen LogP contribution in [0.4, 0.5) is 0 Å². The molecule has 1 aliphatic heterocycles. The molecule has 2 aromatic rings. The molecule has 5 nitrogen and oxygen atoms in total. The van der Waals surface area contributed by atoms with Gasteiger partial charge in [0.15, 0.2) is 0 Å². The Labute approximate surface area is 136 Å². The highest BCUT2D eigenvalue weighted by atomic mass is 16.4. The van der Waals surface area contributed by atoms with Crippen LogP contribution >= 0.6 is 0 Å². The molecule has 1 aromatic carbocycles. The first-order chi connectivity index (χ1) is 11.2. The van der Waals surface area contributed by atoms with Crippen molar-refractivity contribution in [2.75, 3.05) is 20.1 Å². The second-order valence-corrected chi connectivity index (χ2v) is 6.06. The minimum Gasteiger partial charge on any atom is -0.440 e. The van der Waals surface area contributed by atoms with Gasteiger partial charge in [-0.05, 0) is 45.0 Å². The van der Waals surface area contributed by atoms with E-state index in [0.29, 0.717) is 5.89 Å². The van der Waals surface area contributed by atoms with Crippen molar-refractivity contribution in [2.45, 2.75) is 26.3 Å². The van der Waals surface area contributed by atoms with Gasteiger partial charge in [-0.15, -0.1) is 0 Å². The van der Waals surface area contributed by atoms with E-state index in [-0.39, 0.29) is 11.8 Å². The average Bonchev–Trinajstić information content (AvgIpc) is 2.96. The number of hydrogen-bond donors (Lipinski definition) is 1. The fourth-order valence-corrected chi connectivity index (χ4v) is 3.04. The van der Waals surface area contributed by atoms with E-state index in [1.54, 1.807) is 7.05 Å². The molecule has 0 radical (unpaired) electrons. The Morgan fingerprint density at radius 3 is 2.65 bits per heavy atom. The van der Waals surface area contributed by atoms with Gasteiger partial charge in [0.05, 0.1) is 12.2 Å². The van der Waals surface area contributed by atoms with Gasteiger partial charge in [0.2, 0.25) is 11.8 Å². The van der Waals surface area contributed by atoms with Crippen LogP contribution in [0.2, 0.25) is 0 Å². The van der Waals surface area contributed by atoms with Crippen molar-refractivity contribution in [1.29, 1.82) is 0 Å². The van der Waals surface area contributed by atoms with Crippen molar-refractivity contribution < 1.29 is 9.21 Å². The quantitative estimate of drug-likeness (QED) is 0.942. The number of carbonyl (C=O) groups excluding carboxylic acids is 1. The van der Waals surface area contributed by atoms with Crippen molar-refractivity contribution in [2.24, 2.45) is 5.92 Å². The summed E-state index contributed by atoms with van der Waals surface area (Å²) < 4.78 is 5.97. The highest BCUT2D eigenvalue weighted by Crippen LogP contribution is 2.24. The highest BCUT2D eigenvalue weighted by molar-refractivity contribution is 5.78. The van der Waals surface area contributed by atoms with Crippen molar-refractivity contribution in [3.63, 3.8) is 0 Å². The van der Waals surface area contributed by atoms with E-state index in [4.69, 9.17) is 4.42 Å². The molecule has 122 valence electrons. The molecule has 23 heavy (non-hydrogen) atoms. The monoisotopic (exact) mass is 313 g/mol. The second-order valence-electron chi connectivity index (χ2n) is 6.06. The van der Waals surface area contributed by atoms with Crippen LogP contribution in [0.1, 0.15) is 24.3 Å². The number of benzene rings is 1. The minimum atomic E-state index is 0.145. The molecule has 1 saturated heterocycles. The van der Waals surface area contributed by atoms with Gasteiger partial charge in [0.25, 0.3) is 0 Å². The molecule has 0 atom stereocenters. The number of amides is 1. The molecule has 1 aliphatic rings. The summed E-state index contributed by atoms with van der Waals surface area (Å²) in [5.41, 5.74) is 1.94. The van der Waals surface area contributed by atoms with Crippen LogP contribution in [-0.4, -0.2) is 35.9 Å². The van der Waals surface area contributed by atoms with E-state index < -0.39 is 0 Å². The standard InChI is InChI=1S/C18H23N3O2/c1-13-16(23-18(20-13)15-6-4-3-5-7-15)12-21-10-8-14(9-11-21)17(22)19-2/h3-7,14H,8-12H2,1-2H3,(H,19,22). The van der Waals surface area contributed by atoms with Crippen LogP contribution in [0.5, 0.6) is 0 Å². The number of piperidine rings is 1. The summed E-state index contributed by atoms with van der Waals surface area (Å²) in [4.78, 5) is 18.6. The maximum absolute atomic E-state index is 11.7. The van der Waals surface area contributed by atoms with E-state index in [0.717, 1.165) is 49.5 Å². The van der Waals surface area contributed by atoms with E-state index in [9.17, 15) is 4.79 Å². The smallest absolute Gasteiger partial charge is 0.226 e. The highest BCUT2D eigenvalue weighted by Gasteiger charge is 2.25. The van der Waals surface area contributed by atoms with Crippen LogP contribution in [0, 0.1) is 12.8 Å². The lowest BCUT2D eigenvalue weighted by molar-refractivity contribution is -0.125. The molecule has 0 bridgehead atoms.